The highest BCUT2D eigenvalue weighted by Crippen LogP contribution is 2.34. The number of sulfonamides is 1. The van der Waals surface area contributed by atoms with Gasteiger partial charge < -0.3 is 29.5 Å². The number of ether oxygens (including phenoxy) is 3. The predicted octanol–water partition coefficient (Wildman–Crippen LogP) is 2.63. The smallest absolute Gasteiger partial charge is 0.321 e. The number of hydrogen-bond acceptors (Lipinski definition) is 7. The standard InChI is InChI=1S/C27H35N3O7S/c1-19-16-30(20(2)18-31)38(33,34)26-13-8-21(7-6-14-35-4)15-24(26)37-25(19)17-29(3)27(32)28-22-9-11-23(36-5)12-10-22/h8-13,15,19-20,25,31H,14,16-18H2,1-5H3,(H,28,32)/t19-,20-,25+/m0/s1. The number of likely N-dealkylation sites (N-methyl/N-ethyl adjacent to an activating group) is 1. The Labute approximate surface area is 224 Å². The number of hydrogen-bond donors (Lipinski definition) is 2. The van der Waals surface area contributed by atoms with E-state index in [0.717, 1.165) is 0 Å². The third-order valence-corrected chi connectivity index (χ3v) is 8.28. The van der Waals surface area contributed by atoms with E-state index in [0.29, 0.717) is 17.0 Å². The average Bonchev–Trinajstić information content (AvgIpc) is 2.90. The quantitative estimate of drug-likeness (QED) is 0.514. The number of carbonyl (C=O) groups is 1. The SMILES string of the molecule is COCC#Cc1ccc2c(c1)O[C@H](CN(C)C(=O)Nc1ccc(OC)cc1)[C@@H](C)CN([C@@H](C)CO)S2(=O)=O. The molecule has 10 nitrogen and oxygen atoms in total. The first-order valence-corrected chi connectivity index (χ1v) is 13.6. The molecule has 11 heteroatoms. The number of urea groups is 1. The molecule has 0 fully saturated rings. The summed E-state index contributed by atoms with van der Waals surface area (Å²) in [5, 5.41) is 12.6. The molecule has 0 aromatic heterocycles. The van der Waals surface area contributed by atoms with Crippen LogP contribution < -0.4 is 14.8 Å². The van der Waals surface area contributed by atoms with Gasteiger partial charge in [0.05, 0.1) is 20.3 Å². The molecule has 0 radical (unpaired) electrons. The van der Waals surface area contributed by atoms with Crippen LogP contribution >= 0.6 is 0 Å². The zero-order valence-corrected chi connectivity index (χ0v) is 23.1. The third-order valence-electron chi connectivity index (χ3n) is 6.26. The normalized spacial score (nSPS) is 19.4. The van der Waals surface area contributed by atoms with Gasteiger partial charge >= 0.3 is 6.03 Å². The number of nitrogens with one attached hydrogen (secondary N) is 1. The Hall–Kier alpha value is -3.30. The summed E-state index contributed by atoms with van der Waals surface area (Å²) in [5.41, 5.74) is 1.17. The zero-order valence-electron chi connectivity index (χ0n) is 22.3. The van der Waals surface area contributed by atoms with Crippen LogP contribution in [0.5, 0.6) is 11.5 Å². The minimum Gasteiger partial charge on any atom is -0.497 e. The lowest BCUT2D eigenvalue weighted by Gasteiger charge is -2.37. The molecule has 2 aromatic rings. The van der Waals surface area contributed by atoms with Gasteiger partial charge in [-0.25, -0.2) is 13.2 Å². The first-order chi connectivity index (χ1) is 18.1. The fourth-order valence-electron chi connectivity index (χ4n) is 3.98. The topological polar surface area (TPSA) is 118 Å². The maximum atomic E-state index is 13.6. The van der Waals surface area contributed by atoms with Gasteiger partial charge in [0.15, 0.2) is 0 Å². The maximum absolute atomic E-state index is 13.6. The Morgan fingerprint density at radius 1 is 1.26 bits per heavy atom. The predicted molar refractivity (Wildman–Crippen MR) is 144 cm³/mol. The Morgan fingerprint density at radius 3 is 2.61 bits per heavy atom. The van der Waals surface area contributed by atoms with Crippen molar-refractivity contribution in [3.8, 4) is 23.3 Å². The second kappa shape index (κ2) is 13.0. The lowest BCUT2D eigenvalue weighted by molar-refractivity contribution is 0.0830. The summed E-state index contributed by atoms with van der Waals surface area (Å²) < 4.78 is 44.9. The van der Waals surface area contributed by atoms with E-state index in [4.69, 9.17) is 14.2 Å². The van der Waals surface area contributed by atoms with Crippen LogP contribution in [0.4, 0.5) is 10.5 Å². The number of rotatable bonds is 7. The van der Waals surface area contributed by atoms with Crippen LogP contribution in [0.1, 0.15) is 19.4 Å². The summed E-state index contributed by atoms with van der Waals surface area (Å²) in [6.45, 7) is 3.70. The molecule has 2 aromatic carbocycles. The molecule has 1 heterocycles. The number of carbonyl (C=O) groups excluding carboxylic acids is 1. The molecule has 38 heavy (non-hydrogen) atoms. The molecule has 3 atom stereocenters. The number of benzene rings is 2. The van der Waals surface area contributed by atoms with E-state index >= 15 is 0 Å². The molecule has 0 saturated carbocycles. The van der Waals surface area contributed by atoms with E-state index < -0.39 is 22.2 Å². The van der Waals surface area contributed by atoms with Crippen molar-refractivity contribution in [3.63, 3.8) is 0 Å². The number of amides is 2. The highest BCUT2D eigenvalue weighted by atomic mass is 32.2. The van der Waals surface area contributed by atoms with Crippen LogP contribution in [0.25, 0.3) is 0 Å². The number of aliphatic hydroxyl groups excluding tert-OH is 1. The lowest BCUT2D eigenvalue weighted by atomic mass is 10.0. The van der Waals surface area contributed by atoms with Crippen molar-refractivity contribution >= 4 is 21.7 Å². The molecular formula is C27H35N3O7S. The lowest BCUT2D eigenvalue weighted by Crippen LogP contribution is -2.50. The Kier molecular flexibility index (Phi) is 9.99. The molecule has 2 N–H and O–H groups in total. The van der Waals surface area contributed by atoms with E-state index in [1.807, 2.05) is 6.92 Å². The number of anilines is 1. The monoisotopic (exact) mass is 545 g/mol. The molecule has 0 bridgehead atoms. The van der Waals surface area contributed by atoms with Gasteiger partial charge in [0.25, 0.3) is 0 Å². The Morgan fingerprint density at radius 2 is 1.97 bits per heavy atom. The fraction of sp³-hybridized carbons (Fsp3) is 0.444. The third kappa shape index (κ3) is 6.96. The van der Waals surface area contributed by atoms with Gasteiger partial charge in [-0.15, -0.1) is 0 Å². The minimum absolute atomic E-state index is 0.0164. The van der Waals surface area contributed by atoms with Crippen LogP contribution in [0.2, 0.25) is 0 Å². The molecule has 0 aliphatic carbocycles. The van der Waals surface area contributed by atoms with Gasteiger partial charge in [0.2, 0.25) is 10.0 Å². The molecule has 0 saturated heterocycles. The van der Waals surface area contributed by atoms with Crippen LogP contribution in [0, 0.1) is 17.8 Å². The second-order valence-electron chi connectivity index (χ2n) is 9.18. The van der Waals surface area contributed by atoms with Crippen molar-refractivity contribution in [2.45, 2.75) is 30.9 Å². The summed E-state index contributed by atoms with van der Waals surface area (Å²) in [6, 6.07) is 10.6. The minimum atomic E-state index is -3.97. The van der Waals surface area contributed by atoms with Crippen LogP contribution in [0.3, 0.4) is 0 Å². The molecular weight excluding hydrogens is 510 g/mol. The van der Waals surface area contributed by atoms with Gasteiger partial charge in [0.1, 0.15) is 29.1 Å². The van der Waals surface area contributed by atoms with Crippen molar-refractivity contribution in [2.24, 2.45) is 5.92 Å². The van der Waals surface area contributed by atoms with Crippen LogP contribution in [-0.4, -0.2) is 88.5 Å². The first-order valence-electron chi connectivity index (χ1n) is 12.2. The van der Waals surface area contributed by atoms with Crippen molar-refractivity contribution in [1.82, 2.24) is 9.21 Å². The van der Waals surface area contributed by atoms with Crippen molar-refractivity contribution in [2.75, 3.05) is 52.9 Å². The largest absolute Gasteiger partial charge is 0.497 e. The first kappa shape index (κ1) is 29.3. The van der Waals surface area contributed by atoms with Crippen molar-refractivity contribution in [1.29, 1.82) is 0 Å². The van der Waals surface area contributed by atoms with E-state index in [2.05, 4.69) is 17.2 Å². The van der Waals surface area contributed by atoms with Crippen LogP contribution in [0.15, 0.2) is 47.4 Å². The zero-order chi connectivity index (χ0) is 27.9. The van der Waals surface area contributed by atoms with Gasteiger partial charge in [-0.05, 0) is 49.4 Å². The molecule has 1 aliphatic rings. The van der Waals surface area contributed by atoms with E-state index in [9.17, 15) is 18.3 Å². The Balaban J connectivity index is 1.91. The van der Waals surface area contributed by atoms with Gasteiger partial charge in [-0.1, -0.05) is 18.8 Å². The van der Waals surface area contributed by atoms with E-state index in [-0.39, 0.29) is 48.9 Å². The molecule has 1 aliphatic heterocycles. The number of fused-ring (bicyclic) bond motifs is 1. The maximum Gasteiger partial charge on any atom is 0.321 e. The highest BCUT2D eigenvalue weighted by Gasteiger charge is 2.38. The molecule has 0 unspecified atom stereocenters. The summed E-state index contributed by atoms with van der Waals surface area (Å²) >= 11 is 0. The number of methoxy groups -OCH3 is 2. The van der Waals surface area contributed by atoms with Gasteiger partial charge in [-0.2, -0.15) is 4.31 Å². The second-order valence-corrected chi connectivity index (χ2v) is 11.0. The van der Waals surface area contributed by atoms with Crippen LogP contribution in [-0.2, 0) is 14.8 Å². The van der Waals surface area contributed by atoms with E-state index in [1.54, 1.807) is 57.5 Å². The van der Waals surface area contributed by atoms with Gasteiger partial charge in [-0.3, -0.25) is 0 Å². The van der Waals surface area contributed by atoms with Gasteiger partial charge in [0, 0.05) is 43.9 Å². The van der Waals surface area contributed by atoms with Crippen molar-refractivity contribution in [3.05, 3.63) is 48.0 Å². The Bertz CT molecular complexity index is 1270. The number of nitrogens with zero attached hydrogens (tertiary/aromatic N) is 2. The molecule has 206 valence electrons. The van der Waals surface area contributed by atoms with Crippen molar-refractivity contribution < 1.29 is 32.5 Å². The summed E-state index contributed by atoms with van der Waals surface area (Å²) in [6.07, 6.45) is -0.550. The summed E-state index contributed by atoms with van der Waals surface area (Å²) in [5.74, 6) is 6.29. The van der Waals surface area contributed by atoms with E-state index in [1.165, 1.54) is 22.4 Å². The molecule has 0 spiro atoms. The summed E-state index contributed by atoms with van der Waals surface area (Å²) in [4.78, 5) is 14.4. The average molecular weight is 546 g/mol. The number of aliphatic hydroxyl groups is 1. The highest BCUT2D eigenvalue weighted by molar-refractivity contribution is 7.89. The fourth-order valence-corrected chi connectivity index (χ4v) is 5.80. The molecule has 3 rings (SSSR count). The molecule has 2 amide bonds. The summed E-state index contributed by atoms with van der Waals surface area (Å²) in [7, 11) is 0.778.